The van der Waals surface area contributed by atoms with Gasteiger partial charge in [-0.1, -0.05) is 0 Å². The van der Waals surface area contributed by atoms with Crippen LogP contribution in [-0.2, 0) is 4.79 Å². The number of rotatable bonds is 6. The van der Waals surface area contributed by atoms with E-state index in [1.165, 1.54) is 32.1 Å². The monoisotopic (exact) mass is 608 g/mol. The first kappa shape index (κ1) is 34.2. The minimum Gasteiger partial charge on any atom is -0.506 e. The zero-order valence-electron chi connectivity index (χ0n) is 25.7. The molecule has 6 aliphatic rings. The lowest BCUT2D eigenvalue weighted by Crippen LogP contribution is -2.51. The Kier molecular flexibility index (Phi) is 11.2. The normalized spacial score (nSPS) is 27.1. The van der Waals surface area contributed by atoms with Gasteiger partial charge in [0.25, 0.3) is 0 Å². The molecule has 8 rings (SSSR count). The molecule has 0 unspecified atom stereocenters. The molecule has 43 heavy (non-hydrogen) atoms. The van der Waals surface area contributed by atoms with Crippen LogP contribution in [0, 0.1) is 23.2 Å². The van der Waals surface area contributed by atoms with Crippen LogP contribution in [-0.4, -0.2) is 52.1 Å². The first-order valence-corrected chi connectivity index (χ1v) is 15.2. The lowest BCUT2D eigenvalue weighted by atomic mass is 9.49. The fourth-order valence-corrected chi connectivity index (χ4v) is 8.37. The van der Waals surface area contributed by atoms with Crippen LogP contribution in [0.15, 0.2) is 18.2 Å². The second-order valence-corrected chi connectivity index (χ2v) is 12.9. The van der Waals surface area contributed by atoms with Crippen LogP contribution in [0.4, 0.5) is 29.2 Å². The fourth-order valence-electron chi connectivity index (χ4n) is 8.37. The summed E-state index contributed by atoms with van der Waals surface area (Å²) >= 11 is 0. The van der Waals surface area contributed by atoms with Crippen LogP contribution in [0.1, 0.15) is 82.8 Å². The van der Waals surface area contributed by atoms with Gasteiger partial charge in [0.1, 0.15) is 5.75 Å². The Hall–Kier alpha value is -3.26. The number of aromatic hydroxyl groups is 1. The van der Waals surface area contributed by atoms with Gasteiger partial charge in [-0.05, 0) is 107 Å². The van der Waals surface area contributed by atoms with Crippen molar-refractivity contribution in [2.75, 3.05) is 46.6 Å². The largest absolute Gasteiger partial charge is 0.506 e. The molecule has 4 aliphatic carbocycles. The van der Waals surface area contributed by atoms with Gasteiger partial charge in [-0.3, -0.25) is 4.79 Å². The van der Waals surface area contributed by atoms with Crippen molar-refractivity contribution in [2.45, 2.75) is 77.0 Å². The SMILES string of the molecule is N.N.N.N.O=C(Nc1ccc(Nc2nc(N3CCCCC3)nc(N3CCCCC3)n2)cc1O)C12CC3CC(CC(C3)C1)C2.[HH].[HH].[HH].[HH]. The van der Waals surface area contributed by atoms with Crippen LogP contribution in [0.2, 0.25) is 0 Å². The van der Waals surface area contributed by atoms with Crippen LogP contribution in [0.25, 0.3) is 0 Å². The molecular formula is C30H61N11O2. The number of anilines is 5. The number of carbonyl (C=O) groups excluding carboxylic acids is 1. The minimum atomic E-state index is -0.251. The van der Waals surface area contributed by atoms with E-state index >= 15 is 0 Å². The number of phenols is 1. The summed E-state index contributed by atoms with van der Waals surface area (Å²) in [5.74, 6) is 4.17. The topological polar surface area (TPSA) is 247 Å². The Balaban J connectivity index is 0. The molecule has 2 saturated heterocycles. The van der Waals surface area contributed by atoms with E-state index in [-0.39, 0.29) is 47.4 Å². The Bertz CT molecular complexity index is 1180. The van der Waals surface area contributed by atoms with Gasteiger partial charge < -0.3 is 50.1 Å². The number of amides is 1. The summed E-state index contributed by atoms with van der Waals surface area (Å²) in [5, 5.41) is 17.3. The predicted molar refractivity (Wildman–Crippen MR) is 181 cm³/mol. The second-order valence-electron chi connectivity index (χ2n) is 12.9. The van der Waals surface area contributed by atoms with Crippen molar-refractivity contribution in [1.29, 1.82) is 0 Å². The number of benzene rings is 1. The van der Waals surface area contributed by atoms with Gasteiger partial charge in [-0.15, -0.1) is 0 Å². The summed E-state index contributed by atoms with van der Waals surface area (Å²) < 4.78 is 0. The molecule has 1 aromatic carbocycles. The van der Waals surface area contributed by atoms with E-state index in [9.17, 15) is 9.90 Å². The molecule has 4 bridgehead atoms. The number of phenolic OH excluding ortho intramolecular Hbond substituents is 1. The number of nitrogens with zero attached hydrogens (tertiary/aromatic N) is 5. The van der Waals surface area contributed by atoms with Crippen LogP contribution >= 0.6 is 0 Å². The maximum Gasteiger partial charge on any atom is 0.233 e. The third-order valence-electron chi connectivity index (χ3n) is 9.91. The zero-order chi connectivity index (χ0) is 26.4. The molecule has 0 radical (unpaired) electrons. The smallest absolute Gasteiger partial charge is 0.233 e. The number of nitrogens with one attached hydrogen (secondary N) is 2. The average Bonchev–Trinajstić information content (AvgIpc) is 2.94. The zero-order valence-corrected chi connectivity index (χ0v) is 25.7. The van der Waals surface area contributed by atoms with Gasteiger partial charge in [-0.2, -0.15) is 15.0 Å². The highest BCUT2D eigenvalue weighted by molar-refractivity contribution is 5.97. The van der Waals surface area contributed by atoms with Gasteiger partial charge in [-0.25, -0.2) is 0 Å². The molecule has 1 aromatic heterocycles. The Morgan fingerprint density at radius 3 is 1.72 bits per heavy atom. The summed E-state index contributed by atoms with van der Waals surface area (Å²) in [7, 11) is 0. The fraction of sp³-hybridized carbons (Fsp3) is 0.667. The first-order chi connectivity index (χ1) is 19.0. The summed E-state index contributed by atoms with van der Waals surface area (Å²) in [5.41, 5.74) is 0.902. The Morgan fingerprint density at radius 1 is 0.767 bits per heavy atom. The summed E-state index contributed by atoms with van der Waals surface area (Å²) in [6.45, 7) is 3.84. The minimum absolute atomic E-state index is 0. The van der Waals surface area contributed by atoms with Crippen molar-refractivity contribution in [3.05, 3.63) is 18.2 Å². The van der Waals surface area contributed by atoms with E-state index in [1.54, 1.807) is 12.1 Å². The molecule has 6 fully saturated rings. The summed E-state index contributed by atoms with van der Waals surface area (Å²) in [6, 6.07) is 5.31. The van der Waals surface area contributed by atoms with Gasteiger partial charge in [0.15, 0.2) is 0 Å². The molecular weight excluding hydrogens is 546 g/mol. The van der Waals surface area contributed by atoms with E-state index < -0.39 is 0 Å². The van der Waals surface area contributed by atoms with E-state index in [0.717, 1.165) is 83.0 Å². The standard InChI is InChI=1S/C30H41N7O2.4H3N.4H2/c38-25-16-23(7-8-24(25)32-26(39)30-17-20-13-21(18-30)15-22(14-20)19-30)31-27-33-28(36-9-3-1-4-10-36)35-29(34-27)37-11-5-2-6-12-37;;;;;;;;/h7-8,16,20-22,38H,1-6,9-15,17-19H2,(H,32,39)(H,31,33,34,35);4*1H3;4*1H. The number of hydrogen-bond donors (Lipinski definition) is 7. The summed E-state index contributed by atoms with van der Waals surface area (Å²) in [4.78, 5) is 32.4. The van der Waals surface area contributed by atoms with Gasteiger partial charge in [0.05, 0.1) is 11.1 Å². The molecule has 1 amide bonds. The Morgan fingerprint density at radius 2 is 1.26 bits per heavy atom. The molecule has 15 N–H and O–H groups in total. The van der Waals surface area contributed by atoms with Gasteiger partial charge in [0, 0.05) is 43.6 Å². The second kappa shape index (κ2) is 14.0. The van der Waals surface area contributed by atoms with Gasteiger partial charge >= 0.3 is 0 Å². The molecule has 2 aliphatic heterocycles. The average molecular weight is 608 g/mol. The first-order valence-electron chi connectivity index (χ1n) is 15.2. The number of hydrogen-bond acceptors (Lipinski definition) is 12. The third-order valence-corrected chi connectivity index (χ3v) is 9.91. The van der Waals surface area contributed by atoms with Gasteiger partial charge in [0.2, 0.25) is 23.8 Å². The molecule has 0 spiro atoms. The number of carbonyl (C=O) groups is 1. The lowest BCUT2D eigenvalue weighted by Gasteiger charge is -2.55. The summed E-state index contributed by atoms with van der Waals surface area (Å²) in [6.07, 6.45) is 14.0. The molecule has 13 nitrogen and oxygen atoms in total. The maximum atomic E-state index is 13.5. The maximum absolute atomic E-state index is 13.5. The van der Waals surface area contributed by atoms with E-state index in [0.29, 0.717) is 35.1 Å². The van der Waals surface area contributed by atoms with Crippen LogP contribution < -0.4 is 45.0 Å². The van der Waals surface area contributed by atoms with Crippen molar-refractivity contribution in [1.82, 2.24) is 39.6 Å². The Labute approximate surface area is 261 Å². The molecule has 0 atom stereocenters. The van der Waals surface area contributed by atoms with Crippen LogP contribution in [0.5, 0.6) is 5.75 Å². The van der Waals surface area contributed by atoms with Crippen molar-refractivity contribution in [2.24, 2.45) is 23.2 Å². The third kappa shape index (κ3) is 6.95. The highest BCUT2D eigenvalue weighted by atomic mass is 16.3. The molecule has 3 heterocycles. The highest BCUT2D eigenvalue weighted by Gasteiger charge is 2.54. The highest BCUT2D eigenvalue weighted by Crippen LogP contribution is 2.60. The molecule has 2 aromatic rings. The van der Waals surface area contributed by atoms with Crippen molar-refractivity contribution in [3.8, 4) is 5.75 Å². The molecule has 4 saturated carbocycles. The van der Waals surface area contributed by atoms with Crippen LogP contribution in [0.3, 0.4) is 0 Å². The molecule has 13 heteroatoms. The van der Waals surface area contributed by atoms with E-state index in [1.807, 2.05) is 6.07 Å². The van der Waals surface area contributed by atoms with Crippen molar-refractivity contribution in [3.63, 3.8) is 0 Å². The molecule has 248 valence electrons. The number of piperidine rings is 2. The predicted octanol–water partition coefficient (Wildman–Crippen LogP) is 7.09. The lowest BCUT2D eigenvalue weighted by molar-refractivity contribution is -0.140. The quantitative estimate of drug-likeness (QED) is 0.163. The number of aromatic nitrogens is 3. The van der Waals surface area contributed by atoms with Crippen molar-refractivity contribution < 1.29 is 15.6 Å². The van der Waals surface area contributed by atoms with E-state index in [2.05, 4.69) is 20.4 Å². The van der Waals surface area contributed by atoms with Crippen molar-refractivity contribution >= 4 is 35.1 Å². The van der Waals surface area contributed by atoms with E-state index in [4.69, 9.17) is 15.0 Å².